The van der Waals surface area contributed by atoms with Crippen molar-refractivity contribution in [1.29, 1.82) is 0 Å². The number of hydrogen-bond acceptors (Lipinski definition) is 6. The highest BCUT2D eigenvalue weighted by Gasteiger charge is 2.75. The van der Waals surface area contributed by atoms with Crippen molar-refractivity contribution in [2.75, 3.05) is 6.61 Å². The number of allylic oxidation sites excluding steroid dienone is 4. The van der Waals surface area contributed by atoms with Crippen LogP contribution < -0.4 is 0 Å². The van der Waals surface area contributed by atoms with Crippen LogP contribution in [0.25, 0.3) is 0 Å². The third kappa shape index (κ3) is 2.59. The van der Waals surface area contributed by atoms with E-state index in [0.717, 1.165) is 18.4 Å². The lowest BCUT2D eigenvalue weighted by atomic mass is 9.46. The van der Waals surface area contributed by atoms with E-state index in [1.165, 1.54) is 0 Å². The number of hydrogen-bond donors (Lipinski definition) is 2. The van der Waals surface area contributed by atoms with Crippen molar-refractivity contribution >= 4 is 11.6 Å². The van der Waals surface area contributed by atoms with Gasteiger partial charge in [-0.3, -0.25) is 9.59 Å². The van der Waals surface area contributed by atoms with Gasteiger partial charge in [0.15, 0.2) is 23.5 Å². The van der Waals surface area contributed by atoms with Crippen LogP contribution in [0.4, 0.5) is 0 Å². The number of aliphatic hydroxyl groups is 2. The van der Waals surface area contributed by atoms with Crippen molar-refractivity contribution in [2.45, 2.75) is 77.5 Å². The first-order chi connectivity index (χ1) is 14.6. The molecule has 31 heavy (non-hydrogen) atoms. The molecule has 9 atom stereocenters. The monoisotopic (exact) mass is 430 g/mol. The average molecular weight is 431 g/mol. The standard InChI is InChI=1S/C25H34O6/c1-13(2)22-30-20-10-17-16-6-5-14-9-15(27)7-8-23(14,3)21(16)18(28)11-24(17,4)25(20,31-22)19(29)12-26/h7-9,13,16-18,20-22,26,28H,5-6,10-12H2,1-4H3/t16-,17-,18?,20+,21+,22?,23-,24-,25+/m0/s1. The topological polar surface area (TPSA) is 93.1 Å². The van der Waals surface area contributed by atoms with Gasteiger partial charge in [0.25, 0.3) is 0 Å². The van der Waals surface area contributed by atoms with Gasteiger partial charge < -0.3 is 19.7 Å². The first-order valence-corrected chi connectivity index (χ1v) is 11.7. The first-order valence-electron chi connectivity index (χ1n) is 11.7. The molecule has 0 aromatic rings. The zero-order valence-corrected chi connectivity index (χ0v) is 18.8. The van der Waals surface area contributed by atoms with Crippen LogP contribution in [0.3, 0.4) is 0 Å². The van der Waals surface area contributed by atoms with Crippen LogP contribution >= 0.6 is 0 Å². The number of aliphatic hydroxyl groups excluding tert-OH is 2. The van der Waals surface area contributed by atoms with E-state index in [1.54, 1.807) is 12.2 Å². The molecule has 2 unspecified atom stereocenters. The minimum atomic E-state index is -1.22. The van der Waals surface area contributed by atoms with Crippen molar-refractivity contribution in [3.8, 4) is 0 Å². The largest absolute Gasteiger partial charge is 0.393 e. The summed E-state index contributed by atoms with van der Waals surface area (Å²) in [6, 6.07) is 0. The molecule has 2 N–H and O–H groups in total. The van der Waals surface area contributed by atoms with E-state index in [1.807, 2.05) is 19.9 Å². The molecule has 6 nitrogen and oxygen atoms in total. The molecular weight excluding hydrogens is 396 g/mol. The Hall–Kier alpha value is -1.34. The fraction of sp³-hybridized carbons (Fsp3) is 0.760. The number of fused-ring (bicyclic) bond motifs is 7. The molecular formula is C25H34O6. The Bertz CT molecular complexity index is 875. The SMILES string of the molecule is CC(C)C1O[C@@H]2C[C@H]3[C@@H]4CCC5=CC(=O)C=C[C@]5(C)[C@H]4C(O)C[C@]3(C)[C@]2(C(=O)CO)O1. The molecule has 0 radical (unpaired) electrons. The van der Waals surface area contributed by atoms with Gasteiger partial charge in [-0.1, -0.05) is 39.3 Å². The van der Waals surface area contributed by atoms with E-state index in [0.29, 0.717) is 12.8 Å². The highest BCUT2D eigenvalue weighted by Crippen LogP contribution is 2.69. The molecule has 170 valence electrons. The number of ether oxygens (including phenoxy) is 2. The van der Waals surface area contributed by atoms with Crippen LogP contribution in [0.1, 0.15) is 53.4 Å². The van der Waals surface area contributed by atoms with E-state index in [-0.39, 0.29) is 40.7 Å². The first kappa shape index (κ1) is 21.5. The van der Waals surface area contributed by atoms with E-state index in [2.05, 4.69) is 13.8 Å². The van der Waals surface area contributed by atoms with E-state index < -0.39 is 36.1 Å². The fourth-order valence-electron chi connectivity index (χ4n) is 8.01. The molecule has 5 rings (SSSR count). The third-order valence-electron chi connectivity index (χ3n) is 9.36. The average Bonchev–Trinajstić information content (AvgIpc) is 3.21. The third-order valence-corrected chi connectivity index (χ3v) is 9.36. The van der Waals surface area contributed by atoms with Crippen LogP contribution in [0.2, 0.25) is 0 Å². The lowest BCUT2D eigenvalue weighted by molar-refractivity contribution is -0.205. The summed E-state index contributed by atoms with van der Waals surface area (Å²) >= 11 is 0. The number of carbonyl (C=O) groups is 2. The summed E-state index contributed by atoms with van der Waals surface area (Å²) in [5, 5.41) is 21.4. The molecule has 4 aliphatic carbocycles. The van der Waals surface area contributed by atoms with Crippen molar-refractivity contribution in [2.24, 2.45) is 34.5 Å². The second-order valence-corrected chi connectivity index (χ2v) is 11.1. The van der Waals surface area contributed by atoms with E-state index in [4.69, 9.17) is 9.47 Å². The number of carbonyl (C=O) groups excluding carboxylic acids is 2. The Morgan fingerprint density at radius 2 is 2.06 bits per heavy atom. The summed E-state index contributed by atoms with van der Waals surface area (Å²) in [5.74, 6) is 0.0818. The van der Waals surface area contributed by atoms with E-state index >= 15 is 0 Å². The van der Waals surface area contributed by atoms with E-state index in [9.17, 15) is 19.8 Å². The maximum absolute atomic E-state index is 13.2. The Kier molecular flexibility index (Phi) is 4.74. The van der Waals surface area contributed by atoms with Crippen molar-refractivity contribution in [3.05, 3.63) is 23.8 Å². The molecule has 0 spiro atoms. The lowest BCUT2D eigenvalue weighted by Crippen LogP contribution is -2.63. The molecule has 5 aliphatic rings. The van der Waals surface area contributed by atoms with Gasteiger partial charge in [0.1, 0.15) is 6.61 Å². The van der Waals surface area contributed by atoms with Gasteiger partial charge in [-0.2, -0.15) is 0 Å². The Morgan fingerprint density at radius 3 is 2.74 bits per heavy atom. The minimum absolute atomic E-state index is 0.0177. The second-order valence-electron chi connectivity index (χ2n) is 11.1. The van der Waals surface area contributed by atoms with Crippen LogP contribution in [0.15, 0.2) is 23.8 Å². The molecule has 0 aromatic heterocycles. The molecule has 4 fully saturated rings. The smallest absolute Gasteiger partial charge is 0.193 e. The lowest BCUT2D eigenvalue weighted by Gasteiger charge is -2.59. The number of Topliss-reactive ketones (excluding diaryl/α,β-unsaturated/α-hetero) is 1. The molecule has 0 amide bonds. The van der Waals surface area contributed by atoms with Gasteiger partial charge in [0, 0.05) is 22.7 Å². The van der Waals surface area contributed by atoms with Gasteiger partial charge in [0.05, 0.1) is 12.2 Å². The van der Waals surface area contributed by atoms with Crippen LogP contribution in [0, 0.1) is 34.5 Å². The Labute approximate surface area is 183 Å². The molecule has 3 saturated carbocycles. The maximum Gasteiger partial charge on any atom is 0.193 e. The summed E-state index contributed by atoms with van der Waals surface area (Å²) in [6.45, 7) is 7.61. The molecule has 0 bridgehead atoms. The zero-order chi connectivity index (χ0) is 22.3. The second kappa shape index (κ2) is 6.83. The Balaban J connectivity index is 1.57. The van der Waals surface area contributed by atoms with Crippen LogP contribution in [-0.4, -0.2) is 52.5 Å². The summed E-state index contributed by atoms with van der Waals surface area (Å²) in [7, 11) is 0. The van der Waals surface area contributed by atoms with Gasteiger partial charge in [-0.15, -0.1) is 0 Å². The van der Waals surface area contributed by atoms with Crippen LogP contribution in [0.5, 0.6) is 0 Å². The predicted octanol–water partition coefficient (Wildman–Crippen LogP) is 2.57. The molecule has 1 saturated heterocycles. The summed E-state index contributed by atoms with van der Waals surface area (Å²) in [4.78, 5) is 25.2. The van der Waals surface area contributed by atoms with Crippen molar-refractivity contribution < 1.29 is 29.3 Å². The predicted molar refractivity (Wildman–Crippen MR) is 113 cm³/mol. The summed E-state index contributed by atoms with van der Waals surface area (Å²) in [5.41, 5.74) is -1.09. The van der Waals surface area contributed by atoms with Gasteiger partial charge in [-0.05, 0) is 49.7 Å². The van der Waals surface area contributed by atoms with Gasteiger partial charge in [-0.25, -0.2) is 0 Å². The Morgan fingerprint density at radius 1 is 1.32 bits per heavy atom. The van der Waals surface area contributed by atoms with Crippen molar-refractivity contribution in [3.63, 3.8) is 0 Å². The number of rotatable bonds is 3. The zero-order valence-electron chi connectivity index (χ0n) is 18.8. The van der Waals surface area contributed by atoms with Gasteiger partial charge >= 0.3 is 0 Å². The summed E-state index contributed by atoms with van der Waals surface area (Å²) < 4.78 is 12.7. The normalized spacial score (nSPS) is 50.5. The molecule has 0 aromatic carbocycles. The van der Waals surface area contributed by atoms with Gasteiger partial charge in [0.2, 0.25) is 0 Å². The molecule has 1 heterocycles. The van der Waals surface area contributed by atoms with Crippen LogP contribution in [-0.2, 0) is 19.1 Å². The fourth-order valence-corrected chi connectivity index (χ4v) is 8.01. The quantitative estimate of drug-likeness (QED) is 0.715. The number of ketones is 2. The molecule has 6 heteroatoms. The highest BCUT2D eigenvalue weighted by molar-refractivity contribution is 6.01. The van der Waals surface area contributed by atoms with Crippen molar-refractivity contribution in [1.82, 2.24) is 0 Å². The minimum Gasteiger partial charge on any atom is -0.393 e. The molecule has 1 aliphatic heterocycles. The highest BCUT2D eigenvalue weighted by atomic mass is 16.7. The summed E-state index contributed by atoms with van der Waals surface area (Å²) in [6.07, 6.45) is 6.62. The maximum atomic E-state index is 13.2.